The van der Waals surface area contributed by atoms with Gasteiger partial charge in [-0.05, 0) is 31.7 Å². The Morgan fingerprint density at radius 1 is 1.79 bits per heavy atom. The van der Waals surface area contributed by atoms with E-state index in [1.807, 2.05) is 10.9 Å². The Kier molecular flexibility index (Phi) is 2.27. The van der Waals surface area contributed by atoms with Gasteiger partial charge < -0.3 is 5.11 Å². The van der Waals surface area contributed by atoms with Gasteiger partial charge in [0.1, 0.15) is 0 Å². The van der Waals surface area contributed by atoms with Crippen LogP contribution in [0.2, 0.25) is 0 Å². The summed E-state index contributed by atoms with van der Waals surface area (Å²) in [5.74, 6) is -0.892. The van der Waals surface area contributed by atoms with Crippen molar-refractivity contribution in [3.8, 4) is 0 Å². The second kappa shape index (κ2) is 3.44. The topological polar surface area (TPSA) is 55.1 Å². The van der Waals surface area contributed by atoms with Crippen molar-refractivity contribution < 1.29 is 9.90 Å². The average Bonchev–Trinajstić information content (AvgIpc) is 2.59. The number of rotatable bonds is 2. The molecule has 0 amide bonds. The molecule has 0 saturated heterocycles. The van der Waals surface area contributed by atoms with Crippen molar-refractivity contribution in [3.05, 3.63) is 17.5 Å². The van der Waals surface area contributed by atoms with Gasteiger partial charge in [-0.3, -0.25) is 9.48 Å². The number of fused-ring (bicyclic) bond motifs is 1. The Hall–Kier alpha value is -1.32. The summed E-state index contributed by atoms with van der Waals surface area (Å²) in [5, 5.41) is 13.1. The molecule has 0 fully saturated rings. The van der Waals surface area contributed by atoms with Crippen LogP contribution in [0.1, 0.15) is 24.6 Å². The minimum atomic E-state index is -0.681. The van der Waals surface area contributed by atoms with Crippen molar-refractivity contribution in [3.63, 3.8) is 0 Å². The van der Waals surface area contributed by atoms with Crippen LogP contribution >= 0.6 is 0 Å². The fourth-order valence-electron chi connectivity index (χ4n) is 2.07. The number of aliphatic carboxylic acids is 1. The zero-order chi connectivity index (χ0) is 10.1. The fraction of sp³-hybridized carbons (Fsp3) is 0.600. The van der Waals surface area contributed by atoms with Crippen LogP contribution in [0, 0.1) is 5.92 Å². The molecule has 0 spiro atoms. The van der Waals surface area contributed by atoms with E-state index in [-0.39, 0.29) is 5.92 Å². The number of aryl methyl sites for hydroxylation is 1. The molecular formula is C10H14N2O2. The average molecular weight is 194 g/mol. The zero-order valence-electron chi connectivity index (χ0n) is 8.23. The lowest BCUT2D eigenvalue weighted by molar-refractivity contribution is -0.142. The Morgan fingerprint density at radius 2 is 2.57 bits per heavy atom. The summed E-state index contributed by atoms with van der Waals surface area (Å²) in [7, 11) is 0. The van der Waals surface area contributed by atoms with Gasteiger partial charge in [0.2, 0.25) is 0 Å². The Labute approximate surface area is 82.5 Å². The highest BCUT2D eigenvalue weighted by Crippen LogP contribution is 2.25. The highest BCUT2D eigenvalue weighted by atomic mass is 16.4. The molecule has 0 saturated carbocycles. The summed E-state index contributed by atoms with van der Waals surface area (Å²) in [6.45, 7) is 2.92. The maximum absolute atomic E-state index is 10.8. The molecule has 0 bridgehead atoms. The SMILES string of the molecule is CCn1ncc2c1CC[C@H](C(=O)O)C2. The maximum atomic E-state index is 10.8. The maximum Gasteiger partial charge on any atom is 0.306 e. The lowest BCUT2D eigenvalue weighted by Gasteiger charge is -2.19. The Balaban J connectivity index is 2.24. The smallest absolute Gasteiger partial charge is 0.306 e. The van der Waals surface area contributed by atoms with Gasteiger partial charge in [0, 0.05) is 12.2 Å². The van der Waals surface area contributed by atoms with Gasteiger partial charge in [0.05, 0.1) is 12.1 Å². The predicted octanol–water partition coefficient (Wildman–Crippen LogP) is 1.09. The molecule has 0 aromatic carbocycles. The molecule has 14 heavy (non-hydrogen) atoms. The van der Waals surface area contributed by atoms with E-state index in [0.29, 0.717) is 6.42 Å². The fourth-order valence-corrected chi connectivity index (χ4v) is 2.07. The van der Waals surface area contributed by atoms with Crippen LogP contribution < -0.4 is 0 Å². The molecule has 1 heterocycles. The summed E-state index contributed by atoms with van der Waals surface area (Å²) in [4.78, 5) is 10.8. The van der Waals surface area contributed by atoms with E-state index in [2.05, 4.69) is 12.0 Å². The number of carboxylic acid groups (broad SMARTS) is 1. The molecule has 0 unspecified atom stereocenters. The number of hydrogen-bond acceptors (Lipinski definition) is 2. The van der Waals surface area contributed by atoms with E-state index >= 15 is 0 Å². The third-order valence-corrected chi connectivity index (χ3v) is 2.88. The third kappa shape index (κ3) is 1.41. The van der Waals surface area contributed by atoms with Gasteiger partial charge in [0.15, 0.2) is 0 Å². The third-order valence-electron chi connectivity index (χ3n) is 2.88. The van der Waals surface area contributed by atoms with Gasteiger partial charge in [-0.25, -0.2) is 0 Å². The van der Waals surface area contributed by atoms with E-state index in [1.54, 1.807) is 0 Å². The molecule has 0 aliphatic heterocycles. The molecule has 1 aliphatic carbocycles. The molecule has 0 radical (unpaired) electrons. The largest absolute Gasteiger partial charge is 0.481 e. The lowest BCUT2D eigenvalue weighted by atomic mass is 9.88. The first-order chi connectivity index (χ1) is 6.72. The van der Waals surface area contributed by atoms with Crippen molar-refractivity contribution in [2.45, 2.75) is 32.7 Å². The summed E-state index contributed by atoms with van der Waals surface area (Å²) in [5.41, 5.74) is 2.34. The summed E-state index contributed by atoms with van der Waals surface area (Å²) in [6.07, 6.45) is 4.05. The van der Waals surface area contributed by atoms with Crippen LogP contribution in [-0.2, 0) is 24.2 Å². The van der Waals surface area contributed by atoms with Gasteiger partial charge >= 0.3 is 5.97 Å². The zero-order valence-corrected chi connectivity index (χ0v) is 8.23. The summed E-state index contributed by atoms with van der Waals surface area (Å²) < 4.78 is 1.97. The van der Waals surface area contributed by atoms with Crippen LogP contribution in [0.3, 0.4) is 0 Å². The monoisotopic (exact) mass is 194 g/mol. The minimum absolute atomic E-state index is 0.211. The molecule has 1 aromatic heterocycles. The molecule has 1 atom stereocenters. The van der Waals surface area contributed by atoms with Crippen LogP contribution in [0.15, 0.2) is 6.20 Å². The van der Waals surface area contributed by atoms with Gasteiger partial charge in [0.25, 0.3) is 0 Å². The highest BCUT2D eigenvalue weighted by molar-refractivity contribution is 5.70. The predicted molar refractivity (Wildman–Crippen MR) is 51.1 cm³/mol. The molecule has 1 aromatic rings. The van der Waals surface area contributed by atoms with Crippen molar-refractivity contribution >= 4 is 5.97 Å². The number of aromatic nitrogens is 2. The first-order valence-corrected chi connectivity index (χ1v) is 4.98. The molecule has 1 N–H and O–H groups in total. The summed E-state index contributed by atoms with van der Waals surface area (Å²) in [6, 6.07) is 0. The van der Waals surface area contributed by atoms with Gasteiger partial charge in [-0.2, -0.15) is 5.10 Å². The molecule has 1 aliphatic rings. The van der Waals surface area contributed by atoms with Crippen molar-refractivity contribution in [2.75, 3.05) is 0 Å². The van der Waals surface area contributed by atoms with E-state index in [0.717, 1.165) is 24.9 Å². The van der Waals surface area contributed by atoms with E-state index in [4.69, 9.17) is 5.11 Å². The summed E-state index contributed by atoms with van der Waals surface area (Å²) >= 11 is 0. The second-order valence-electron chi connectivity index (χ2n) is 3.71. The Morgan fingerprint density at radius 3 is 3.21 bits per heavy atom. The quantitative estimate of drug-likeness (QED) is 0.766. The highest BCUT2D eigenvalue weighted by Gasteiger charge is 2.26. The van der Waals surface area contributed by atoms with Crippen LogP contribution in [0.5, 0.6) is 0 Å². The van der Waals surface area contributed by atoms with Gasteiger partial charge in [-0.1, -0.05) is 0 Å². The van der Waals surface area contributed by atoms with Crippen LogP contribution in [0.4, 0.5) is 0 Å². The Bertz CT molecular complexity index is 357. The first kappa shape index (κ1) is 9.24. The first-order valence-electron chi connectivity index (χ1n) is 4.98. The normalized spacial score (nSPS) is 20.5. The van der Waals surface area contributed by atoms with Crippen LogP contribution in [0.25, 0.3) is 0 Å². The van der Waals surface area contributed by atoms with E-state index in [1.165, 1.54) is 5.69 Å². The number of carboxylic acids is 1. The molecule has 76 valence electrons. The lowest BCUT2D eigenvalue weighted by Crippen LogP contribution is -2.22. The second-order valence-corrected chi connectivity index (χ2v) is 3.71. The molecular weight excluding hydrogens is 180 g/mol. The van der Waals surface area contributed by atoms with Gasteiger partial charge in [-0.15, -0.1) is 0 Å². The minimum Gasteiger partial charge on any atom is -0.481 e. The molecule has 4 nitrogen and oxygen atoms in total. The molecule has 4 heteroatoms. The van der Waals surface area contributed by atoms with E-state index in [9.17, 15) is 4.79 Å². The number of carbonyl (C=O) groups is 1. The number of hydrogen-bond donors (Lipinski definition) is 1. The van der Waals surface area contributed by atoms with Crippen molar-refractivity contribution in [2.24, 2.45) is 5.92 Å². The number of nitrogens with zero attached hydrogens (tertiary/aromatic N) is 2. The standard InChI is InChI=1S/C10H14N2O2/c1-2-12-9-4-3-7(10(13)14)5-8(9)6-11-12/h6-7H,2-5H2,1H3,(H,13,14)/t7-/m0/s1. The van der Waals surface area contributed by atoms with Crippen LogP contribution in [-0.4, -0.2) is 20.9 Å². The molecule has 2 rings (SSSR count). The van der Waals surface area contributed by atoms with Crippen molar-refractivity contribution in [1.29, 1.82) is 0 Å². The van der Waals surface area contributed by atoms with E-state index < -0.39 is 5.97 Å². The van der Waals surface area contributed by atoms with Crippen molar-refractivity contribution in [1.82, 2.24) is 9.78 Å².